The Bertz CT molecular complexity index is 452. The van der Waals surface area contributed by atoms with E-state index in [0.29, 0.717) is 13.2 Å². The summed E-state index contributed by atoms with van der Waals surface area (Å²) in [6, 6.07) is 6.14. The maximum atomic E-state index is 12.1. The van der Waals surface area contributed by atoms with Crippen molar-refractivity contribution in [1.29, 1.82) is 0 Å². The second-order valence-corrected chi connectivity index (χ2v) is 5.61. The molecule has 0 aliphatic carbocycles. The molecule has 1 unspecified atom stereocenters. The number of nitrogens with zero attached hydrogens (tertiary/aromatic N) is 1. The van der Waals surface area contributed by atoms with Gasteiger partial charge >= 0.3 is 0 Å². The fourth-order valence-electron chi connectivity index (χ4n) is 2.03. The molecule has 1 aromatic rings. The van der Waals surface area contributed by atoms with Crippen molar-refractivity contribution < 1.29 is 4.79 Å². The molecule has 98 valence electrons. The fraction of sp³-hybridized carbons (Fsp3) is 0.417. The average Bonchev–Trinajstić information content (AvgIpc) is 2.36. The van der Waals surface area contributed by atoms with Crippen molar-refractivity contribution in [2.75, 3.05) is 18.1 Å². The number of rotatable bonds is 4. The normalized spacial score (nSPS) is 18.9. The molecule has 2 rings (SSSR count). The van der Waals surface area contributed by atoms with Crippen LogP contribution in [-0.2, 0) is 11.2 Å². The number of nitrogens with two attached hydrogens (primary N) is 2. The molecule has 0 saturated heterocycles. The number of thioether (sulfide) groups is 1. The Balaban J connectivity index is 2.38. The van der Waals surface area contributed by atoms with Gasteiger partial charge in [-0.2, -0.15) is 0 Å². The van der Waals surface area contributed by atoms with Crippen LogP contribution in [0.25, 0.3) is 0 Å². The molecule has 1 heterocycles. The van der Waals surface area contributed by atoms with Crippen LogP contribution in [0, 0.1) is 0 Å². The Labute approximate surface area is 111 Å². The summed E-state index contributed by atoms with van der Waals surface area (Å²) in [4.78, 5) is 14.9. The number of amides is 1. The molecule has 1 atom stereocenters. The number of anilines is 1. The van der Waals surface area contributed by atoms with Crippen molar-refractivity contribution in [3.05, 3.63) is 23.8 Å². The first-order valence-electron chi connectivity index (χ1n) is 5.92. The van der Waals surface area contributed by atoms with Crippen LogP contribution in [0.15, 0.2) is 23.1 Å². The summed E-state index contributed by atoms with van der Waals surface area (Å²) in [7, 11) is 0. The topological polar surface area (TPSA) is 84.4 Å². The maximum Gasteiger partial charge on any atom is 0.241 e. The van der Waals surface area contributed by atoms with E-state index in [0.717, 1.165) is 22.6 Å². The minimum Gasteiger partial charge on any atom is -0.330 e. The van der Waals surface area contributed by atoms with E-state index in [1.165, 1.54) is 0 Å². The van der Waals surface area contributed by atoms with E-state index >= 15 is 0 Å². The van der Waals surface area contributed by atoms with Gasteiger partial charge in [-0.25, -0.2) is 5.43 Å². The molecule has 1 aliphatic heterocycles. The molecular weight excluding hydrogens is 248 g/mol. The van der Waals surface area contributed by atoms with E-state index in [1.54, 1.807) is 16.7 Å². The molecule has 6 heteroatoms. The third kappa shape index (κ3) is 2.51. The maximum absolute atomic E-state index is 12.1. The third-order valence-electron chi connectivity index (χ3n) is 2.91. The molecule has 1 aliphatic rings. The highest BCUT2D eigenvalue weighted by atomic mass is 32.2. The second-order valence-electron chi connectivity index (χ2n) is 4.23. The van der Waals surface area contributed by atoms with Gasteiger partial charge in [-0.15, -0.1) is 11.8 Å². The van der Waals surface area contributed by atoms with Crippen LogP contribution >= 0.6 is 11.8 Å². The summed E-state index contributed by atoms with van der Waals surface area (Å²) < 4.78 is 0. The number of fused-ring (bicyclic) bond motifs is 1. The number of carbonyl (C=O) groups excluding carboxylic acids is 1. The van der Waals surface area contributed by atoms with Gasteiger partial charge in [-0.3, -0.25) is 15.5 Å². The monoisotopic (exact) mass is 266 g/mol. The van der Waals surface area contributed by atoms with E-state index in [-0.39, 0.29) is 11.2 Å². The van der Waals surface area contributed by atoms with Gasteiger partial charge in [-0.05, 0) is 37.6 Å². The van der Waals surface area contributed by atoms with Crippen LogP contribution in [0.2, 0.25) is 0 Å². The number of nitrogens with one attached hydrogen (secondary N) is 1. The minimum absolute atomic E-state index is 0.0776. The van der Waals surface area contributed by atoms with Crippen molar-refractivity contribution in [3.8, 4) is 0 Å². The van der Waals surface area contributed by atoms with Gasteiger partial charge in [0.1, 0.15) is 0 Å². The highest BCUT2D eigenvalue weighted by molar-refractivity contribution is 8.00. The molecular formula is C12H18N4OS. The Morgan fingerprint density at radius 2 is 2.28 bits per heavy atom. The van der Waals surface area contributed by atoms with E-state index in [4.69, 9.17) is 11.6 Å². The van der Waals surface area contributed by atoms with Crippen LogP contribution in [-0.4, -0.2) is 24.4 Å². The Hall–Kier alpha value is -1.08. The van der Waals surface area contributed by atoms with Crippen molar-refractivity contribution in [2.45, 2.75) is 23.5 Å². The van der Waals surface area contributed by atoms with Gasteiger partial charge < -0.3 is 5.73 Å². The Kier molecular flexibility index (Phi) is 4.23. The smallest absolute Gasteiger partial charge is 0.241 e. The van der Waals surface area contributed by atoms with Crippen LogP contribution in [0.1, 0.15) is 12.5 Å². The number of hydrazine groups is 1. The summed E-state index contributed by atoms with van der Waals surface area (Å²) in [5.41, 5.74) is 10.2. The molecule has 0 spiro atoms. The molecule has 0 bridgehead atoms. The van der Waals surface area contributed by atoms with Gasteiger partial charge in [0.25, 0.3) is 0 Å². The van der Waals surface area contributed by atoms with Crippen molar-refractivity contribution in [3.63, 3.8) is 0 Å². The van der Waals surface area contributed by atoms with E-state index < -0.39 is 0 Å². The van der Waals surface area contributed by atoms with E-state index in [9.17, 15) is 4.79 Å². The Morgan fingerprint density at radius 3 is 2.94 bits per heavy atom. The van der Waals surface area contributed by atoms with Crippen molar-refractivity contribution in [1.82, 2.24) is 5.43 Å². The summed E-state index contributed by atoms with van der Waals surface area (Å²) in [5.74, 6) is 5.43. The molecule has 1 amide bonds. The lowest BCUT2D eigenvalue weighted by Crippen LogP contribution is -2.46. The number of hydrogen-bond donors (Lipinski definition) is 3. The zero-order valence-electron chi connectivity index (χ0n) is 10.3. The summed E-state index contributed by atoms with van der Waals surface area (Å²) in [6.45, 7) is 2.83. The quantitative estimate of drug-likeness (QED) is 0.544. The second kappa shape index (κ2) is 5.71. The van der Waals surface area contributed by atoms with Crippen molar-refractivity contribution in [2.24, 2.45) is 11.6 Å². The molecule has 0 aromatic heterocycles. The lowest BCUT2D eigenvalue weighted by Gasteiger charge is -2.32. The minimum atomic E-state index is -0.0776. The van der Waals surface area contributed by atoms with Gasteiger partial charge in [0.05, 0.1) is 17.6 Å². The van der Waals surface area contributed by atoms with Gasteiger partial charge in [0.2, 0.25) is 5.91 Å². The third-order valence-corrected chi connectivity index (χ3v) is 4.07. The van der Waals surface area contributed by atoms with Gasteiger partial charge in [0, 0.05) is 4.90 Å². The Morgan fingerprint density at radius 1 is 1.50 bits per heavy atom. The number of carbonyl (C=O) groups is 1. The standard InChI is InChI=1S/C12H18N4OS/c1-8-12(17)16(7-15-14)10-6-9(4-5-13)2-3-11(10)18-8/h2-3,6,8,15H,4-5,7,13-14H2,1H3. The van der Waals surface area contributed by atoms with Gasteiger partial charge in [0.15, 0.2) is 0 Å². The molecule has 18 heavy (non-hydrogen) atoms. The summed E-state index contributed by atoms with van der Waals surface area (Å²) in [5, 5.41) is -0.0776. The summed E-state index contributed by atoms with van der Waals surface area (Å²) in [6.07, 6.45) is 0.811. The van der Waals surface area contributed by atoms with Crippen LogP contribution < -0.4 is 21.9 Å². The first-order valence-corrected chi connectivity index (χ1v) is 6.80. The predicted octanol–water partition coefficient (Wildman–Crippen LogP) is 0.436. The van der Waals surface area contributed by atoms with Crippen LogP contribution in [0.4, 0.5) is 5.69 Å². The number of benzene rings is 1. The fourth-order valence-corrected chi connectivity index (χ4v) is 3.07. The zero-order chi connectivity index (χ0) is 13.1. The zero-order valence-corrected chi connectivity index (χ0v) is 11.2. The SMILES string of the molecule is CC1Sc2ccc(CCN)cc2N(CNN)C1=O. The van der Waals surface area contributed by atoms with Gasteiger partial charge in [-0.1, -0.05) is 6.07 Å². The van der Waals surface area contributed by atoms with Crippen LogP contribution in [0.3, 0.4) is 0 Å². The molecule has 0 saturated carbocycles. The highest BCUT2D eigenvalue weighted by Gasteiger charge is 2.30. The highest BCUT2D eigenvalue weighted by Crippen LogP contribution is 2.39. The summed E-state index contributed by atoms with van der Waals surface area (Å²) >= 11 is 1.59. The lowest BCUT2D eigenvalue weighted by atomic mass is 10.1. The van der Waals surface area contributed by atoms with Crippen LogP contribution in [0.5, 0.6) is 0 Å². The first kappa shape index (κ1) is 13.4. The van der Waals surface area contributed by atoms with Crippen molar-refractivity contribution >= 4 is 23.4 Å². The first-order chi connectivity index (χ1) is 8.67. The average molecular weight is 266 g/mol. The molecule has 1 aromatic carbocycles. The molecule has 0 fully saturated rings. The molecule has 5 N–H and O–H groups in total. The van der Waals surface area contributed by atoms with E-state index in [1.807, 2.05) is 13.0 Å². The molecule has 5 nitrogen and oxygen atoms in total. The lowest BCUT2D eigenvalue weighted by molar-refractivity contribution is -0.118. The number of hydrogen-bond acceptors (Lipinski definition) is 5. The molecule has 0 radical (unpaired) electrons. The largest absolute Gasteiger partial charge is 0.330 e. The predicted molar refractivity (Wildman–Crippen MR) is 74.2 cm³/mol. The van der Waals surface area contributed by atoms with E-state index in [2.05, 4.69) is 17.6 Å².